The van der Waals surface area contributed by atoms with Crippen molar-refractivity contribution in [2.24, 2.45) is 5.73 Å². The fourth-order valence-electron chi connectivity index (χ4n) is 2.83. The van der Waals surface area contributed by atoms with Gasteiger partial charge in [0.15, 0.2) is 19.0 Å². The van der Waals surface area contributed by atoms with Crippen LogP contribution < -0.4 is 10.7 Å². The molecule has 0 saturated heterocycles. The summed E-state index contributed by atoms with van der Waals surface area (Å²) in [6.45, 7) is 2.18. The van der Waals surface area contributed by atoms with Gasteiger partial charge in [0.05, 0.1) is 18.8 Å². The maximum atomic E-state index is 11.2. The molecule has 30 heavy (non-hydrogen) atoms. The predicted octanol–water partition coefficient (Wildman–Crippen LogP) is 3.89. The first-order valence-corrected chi connectivity index (χ1v) is 10.7. The molecule has 1 atom stereocenters. The Morgan fingerprint density at radius 1 is 1.30 bits per heavy atom. The van der Waals surface area contributed by atoms with Crippen molar-refractivity contribution in [2.75, 3.05) is 6.61 Å². The van der Waals surface area contributed by atoms with Gasteiger partial charge in [0, 0.05) is 33.0 Å². The van der Waals surface area contributed by atoms with Crippen LogP contribution in [0.3, 0.4) is 0 Å². The Balaban J connectivity index is 2.10. The zero-order chi connectivity index (χ0) is 21.7. The Hall–Kier alpha value is -2.26. The lowest BCUT2D eigenvalue weighted by Gasteiger charge is -2.14. The molecule has 2 heterocycles. The van der Waals surface area contributed by atoms with Crippen LogP contribution in [0.2, 0.25) is 10.0 Å². The number of halogens is 2. The highest BCUT2D eigenvalue weighted by Crippen LogP contribution is 2.37. The van der Waals surface area contributed by atoms with Crippen LogP contribution in [0.1, 0.15) is 29.9 Å². The van der Waals surface area contributed by atoms with E-state index in [9.17, 15) is 9.90 Å². The maximum absolute atomic E-state index is 11.2. The molecule has 4 N–H and O–H groups in total. The topological polar surface area (TPSA) is 105 Å². The number of benzene rings is 1. The normalized spacial score (nSPS) is 12.0. The van der Waals surface area contributed by atoms with Crippen LogP contribution in [0.25, 0.3) is 0 Å². The van der Waals surface area contributed by atoms with E-state index < -0.39 is 6.09 Å². The number of aromatic amines is 1. The van der Waals surface area contributed by atoms with Gasteiger partial charge in [-0.25, -0.2) is 14.8 Å². The van der Waals surface area contributed by atoms with Crippen LogP contribution in [0, 0.1) is 0 Å². The minimum atomic E-state index is -0.883. The van der Waals surface area contributed by atoms with Gasteiger partial charge in [-0.15, -0.1) is 0 Å². The molecule has 0 spiro atoms. The zero-order valence-corrected chi connectivity index (χ0v) is 18.5. The maximum Gasteiger partial charge on any atom is 0.404 e. The number of primary amides is 1. The van der Waals surface area contributed by atoms with Gasteiger partial charge >= 0.3 is 6.09 Å². The largest absolute Gasteiger partial charge is 0.442 e. The average Bonchev–Trinajstić information content (AvgIpc) is 3.03. The highest BCUT2D eigenvalue weighted by molar-refractivity contribution is 7.99. The molecule has 0 aliphatic heterocycles. The number of aliphatic hydroxyl groups excluding tert-OH is 1. The lowest BCUT2D eigenvalue weighted by molar-refractivity contribution is -0.378. The number of nitrogens with zero attached hydrogens (tertiary/aromatic N) is 2. The van der Waals surface area contributed by atoms with Crippen LogP contribution in [-0.4, -0.2) is 27.4 Å². The molecule has 0 bridgehead atoms. The molecule has 158 valence electrons. The Morgan fingerprint density at radius 3 is 2.57 bits per heavy atom. The molecule has 10 heteroatoms. The molecule has 0 saturated carbocycles. The third kappa shape index (κ3) is 5.66. The number of amides is 1. The van der Waals surface area contributed by atoms with E-state index in [0.29, 0.717) is 28.1 Å². The second-order valence-corrected chi connectivity index (χ2v) is 8.55. The van der Waals surface area contributed by atoms with E-state index in [1.165, 1.54) is 11.8 Å². The molecule has 3 rings (SSSR count). The van der Waals surface area contributed by atoms with Crippen LogP contribution >= 0.6 is 35.0 Å². The molecule has 2 aromatic heterocycles. The standard InChI is InChI=1S/C20H20Cl2N4O3S/c1-12(10-27)18-19(30-16-7-14(21)6-15(22)8-16)26(9-13-2-4-24-5-3-13)17(25-18)11-29-20(23)28/h2-8,12,27H,9-11H2,1H3,(H2,23,28)/p+1. The van der Waals surface area contributed by atoms with Gasteiger partial charge in [-0.1, -0.05) is 41.9 Å². The Kier molecular flexibility index (Phi) is 7.60. The van der Waals surface area contributed by atoms with E-state index in [1.807, 2.05) is 36.0 Å². The van der Waals surface area contributed by atoms with E-state index in [4.69, 9.17) is 33.7 Å². The highest BCUT2D eigenvalue weighted by atomic mass is 35.5. The number of pyridine rings is 1. The molecule has 1 amide bonds. The Labute approximate surface area is 188 Å². The summed E-state index contributed by atoms with van der Waals surface area (Å²) in [6, 6.07) is 9.16. The smallest absolute Gasteiger partial charge is 0.404 e. The summed E-state index contributed by atoms with van der Waals surface area (Å²) in [7, 11) is 0. The number of ether oxygens (including phenoxy) is 1. The quantitative estimate of drug-likeness (QED) is 0.522. The van der Waals surface area contributed by atoms with Crippen molar-refractivity contribution >= 4 is 41.1 Å². The van der Waals surface area contributed by atoms with E-state index >= 15 is 0 Å². The second kappa shape index (κ2) is 10.2. The van der Waals surface area contributed by atoms with Gasteiger partial charge in [-0.05, 0) is 23.8 Å². The van der Waals surface area contributed by atoms with Crippen molar-refractivity contribution in [3.8, 4) is 0 Å². The molecule has 1 unspecified atom stereocenters. The number of imidazole rings is 1. The van der Waals surface area contributed by atoms with Gasteiger partial charge in [-0.3, -0.25) is 0 Å². The van der Waals surface area contributed by atoms with Crippen molar-refractivity contribution in [2.45, 2.75) is 35.9 Å². The number of aromatic nitrogens is 3. The molecule has 3 aromatic rings. The zero-order valence-electron chi connectivity index (χ0n) is 16.1. The van der Waals surface area contributed by atoms with Gasteiger partial charge in [-0.2, -0.15) is 0 Å². The number of carbonyl (C=O) groups is 1. The number of rotatable bonds is 8. The molecule has 0 radical (unpaired) electrons. The average molecular weight is 468 g/mol. The second-order valence-electron chi connectivity index (χ2n) is 6.61. The molecule has 0 fully saturated rings. The summed E-state index contributed by atoms with van der Waals surface area (Å²) in [5.41, 5.74) is 6.85. The Morgan fingerprint density at radius 2 is 1.97 bits per heavy atom. The lowest BCUT2D eigenvalue weighted by atomic mass is 10.1. The van der Waals surface area contributed by atoms with Crippen LogP contribution in [0.5, 0.6) is 0 Å². The number of H-pyrrole nitrogens is 1. The molecular weight excluding hydrogens is 447 g/mol. The van der Waals surface area contributed by atoms with Crippen molar-refractivity contribution in [1.29, 1.82) is 0 Å². The van der Waals surface area contributed by atoms with E-state index in [0.717, 1.165) is 15.5 Å². The fourth-order valence-corrected chi connectivity index (χ4v) is 4.72. The summed E-state index contributed by atoms with van der Waals surface area (Å²) in [4.78, 5) is 19.7. The van der Waals surface area contributed by atoms with Gasteiger partial charge in [0.2, 0.25) is 0 Å². The molecule has 0 aliphatic carbocycles. The summed E-state index contributed by atoms with van der Waals surface area (Å²) >= 11 is 13.8. The molecule has 0 aliphatic rings. The third-order valence-corrected chi connectivity index (χ3v) is 5.82. The Bertz CT molecular complexity index is 1010. The number of nitrogens with two attached hydrogens (primary N) is 1. The minimum Gasteiger partial charge on any atom is -0.442 e. The van der Waals surface area contributed by atoms with Gasteiger partial charge < -0.3 is 20.1 Å². The summed E-state index contributed by atoms with van der Waals surface area (Å²) in [5.74, 6) is 0.285. The first-order chi connectivity index (χ1) is 14.4. The van der Waals surface area contributed by atoms with Crippen LogP contribution in [0.15, 0.2) is 52.6 Å². The predicted molar refractivity (Wildman–Crippen MR) is 115 cm³/mol. The number of aliphatic hydroxyl groups is 1. The SMILES string of the molecule is CC(CO)c1nc(COC(N)=O)n(Cc2cc[nH+]cc2)c1Sc1cc(Cl)cc(Cl)c1. The van der Waals surface area contributed by atoms with Crippen molar-refractivity contribution in [3.05, 3.63) is 69.9 Å². The number of hydrogen-bond donors (Lipinski definition) is 2. The number of carbonyl (C=O) groups excluding carboxylic acids is 1. The monoisotopic (exact) mass is 467 g/mol. The minimum absolute atomic E-state index is 0.0860. The fraction of sp³-hybridized carbons (Fsp3) is 0.250. The first-order valence-electron chi connectivity index (χ1n) is 9.08. The van der Waals surface area contributed by atoms with Crippen molar-refractivity contribution in [3.63, 3.8) is 0 Å². The third-order valence-electron chi connectivity index (χ3n) is 4.29. The van der Waals surface area contributed by atoms with Crippen molar-refractivity contribution in [1.82, 2.24) is 9.55 Å². The van der Waals surface area contributed by atoms with E-state index in [2.05, 4.69) is 9.97 Å². The number of hydrogen-bond acceptors (Lipinski definition) is 5. The van der Waals surface area contributed by atoms with Crippen molar-refractivity contribution < 1.29 is 19.6 Å². The van der Waals surface area contributed by atoms with E-state index in [-0.39, 0.29) is 19.1 Å². The summed E-state index contributed by atoms with van der Waals surface area (Å²) in [5, 5.41) is 11.6. The molecule has 1 aromatic carbocycles. The molecule has 7 nitrogen and oxygen atoms in total. The highest BCUT2D eigenvalue weighted by Gasteiger charge is 2.23. The van der Waals surface area contributed by atoms with Gasteiger partial charge in [0.1, 0.15) is 10.9 Å². The van der Waals surface area contributed by atoms with Crippen LogP contribution in [0.4, 0.5) is 4.79 Å². The summed E-state index contributed by atoms with van der Waals surface area (Å²) in [6.07, 6.45) is 2.77. The van der Waals surface area contributed by atoms with Crippen LogP contribution in [-0.2, 0) is 17.9 Å². The summed E-state index contributed by atoms with van der Waals surface area (Å²) < 4.78 is 6.96. The van der Waals surface area contributed by atoms with Gasteiger partial charge in [0.25, 0.3) is 0 Å². The first kappa shape index (κ1) is 22.4. The number of nitrogens with one attached hydrogen (secondary N) is 1. The molecular formula is C20H21Cl2N4O3S+. The van der Waals surface area contributed by atoms with E-state index in [1.54, 1.807) is 18.2 Å². The lowest BCUT2D eigenvalue weighted by Crippen LogP contribution is -2.15.